The number of amides is 1. The summed E-state index contributed by atoms with van der Waals surface area (Å²) in [6.45, 7) is 2.35. The third kappa shape index (κ3) is 4.63. The maximum absolute atomic E-state index is 13.2. The molecule has 3 atom stereocenters. The Morgan fingerprint density at radius 1 is 1.33 bits per heavy atom. The van der Waals surface area contributed by atoms with Gasteiger partial charge in [0.1, 0.15) is 18.2 Å². The van der Waals surface area contributed by atoms with Crippen molar-refractivity contribution in [3.05, 3.63) is 59.7 Å². The van der Waals surface area contributed by atoms with E-state index in [1.807, 2.05) is 6.20 Å². The van der Waals surface area contributed by atoms with E-state index >= 15 is 0 Å². The molecule has 2 fully saturated rings. The third-order valence-corrected chi connectivity index (χ3v) is 5.35. The number of benzene rings is 1. The van der Waals surface area contributed by atoms with Gasteiger partial charge in [-0.05, 0) is 67.5 Å². The Morgan fingerprint density at radius 3 is 3.00 bits per heavy atom. The van der Waals surface area contributed by atoms with E-state index in [9.17, 15) is 9.18 Å². The van der Waals surface area contributed by atoms with E-state index in [2.05, 4.69) is 21.7 Å². The SMILES string of the molecule is O=C(NCCC1CC1c1cncc(OCC2CCN2)c1)c1cccc(F)c1. The van der Waals surface area contributed by atoms with Crippen molar-refractivity contribution in [1.82, 2.24) is 15.6 Å². The third-order valence-electron chi connectivity index (χ3n) is 5.35. The van der Waals surface area contributed by atoms with Crippen LogP contribution in [-0.2, 0) is 0 Å². The number of rotatable bonds is 8. The second-order valence-electron chi connectivity index (χ2n) is 7.36. The Balaban J connectivity index is 1.22. The highest BCUT2D eigenvalue weighted by Crippen LogP contribution is 2.49. The first-order chi connectivity index (χ1) is 13.2. The van der Waals surface area contributed by atoms with Crippen LogP contribution in [0.3, 0.4) is 0 Å². The quantitative estimate of drug-likeness (QED) is 0.751. The van der Waals surface area contributed by atoms with Crippen LogP contribution >= 0.6 is 0 Å². The summed E-state index contributed by atoms with van der Waals surface area (Å²) >= 11 is 0. The van der Waals surface area contributed by atoms with Crippen molar-refractivity contribution in [2.45, 2.75) is 31.2 Å². The predicted octanol–water partition coefficient (Wildman–Crippen LogP) is 2.89. The fraction of sp³-hybridized carbons (Fsp3) is 0.429. The zero-order valence-corrected chi connectivity index (χ0v) is 15.2. The van der Waals surface area contributed by atoms with Crippen LogP contribution in [0.25, 0.3) is 0 Å². The van der Waals surface area contributed by atoms with Gasteiger partial charge in [-0.25, -0.2) is 4.39 Å². The highest BCUT2D eigenvalue weighted by Gasteiger charge is 2.38. The Labute approximate surface area is 158 Å². The van der Waals surface area contributed by atoms with Crippen molar-refractivity contribution in [2.24, 2.45) is 5.92 Å². The van der Waals surface area contributed by atoms with Gasteiger partial charge in [0, 0.05) is 24.3 Å². The second kappa shape index (κ2) is 8.05. The fourth-order valence-electron chi connectivity index (χ4n) is 3.48. The maximum atomic E-state index is 13.2. The first-order valence-corrected chi connectivity index (χ1v) is 9.54. The number of carbonyl (C=O) groups excluding carboxylic acids is 1. The van der Waals surface area contributed by atoms with Crippen LogP contribution < -0.4 is 15.4 Å². The van der Waals surface area contributed by atoms with Crippen molar-refractivity contribution in [3.63, 3.8) is 0 Å². The molecule has 0 spiro atoms. The minimum Gasteiger partial charge on any atom is -0.490 e. The number of hydrogen-bond donors (Lipinski definition) is 2. The van der Waals surface area contributed by atoms with E-state index in [0.717, 1.165) is 25.1 Å². The molecule has 2 aromatic rings. The van der Waals surface area contributed by atoms with Crippen LogP contribution in [0.15, 0.2) is 42.7 Å². The van der Waals surface area contributed by atoms with E-state index in [1.54, 1.807) is 18.3 Å². The molecule has 1 aliphatic heterocycles. The number of nitrogens with one attached hydrogen (secondary N) is 2. The van der Waals surface area contributed by atoms with Crippen molar-refractivity contribution in [3.8, 4) is 5.75 Å². The molecule has 1 aliphatic carbocycles. The average Bonchev–Trinajstić information content (AvgIpc) is 3.40. The largest absolute Gasteiger partial charge is 0.490 e. The molecule has 5 nitrogen and oxygen atoms in total. The first kappa shape index (κ1) is 17.9. The summed E-state index contributed by atoms with van der Waals surface area (Å²) in [5.41, 5.74) is 1.56. The van der Waals surface area contributed by atoms with Gasteiger partial charge in [0.15, 0.2) is 0 Å². The monoisotopic (exact) mass is 369 g/mol. The minimum atomic E-state index is -0.396. The number of aromatic nitrogens is 1. The van der Waals surface area contributed by atoms with Gasteiger partial charge in [0.2, 0.25) is 0 Å². The molecule has 2 aliphatic rings. The van der Waals surface area contributed by atoms with E-state index in [0.29, 0.717) is 36.6 Å². The van der Waals surface area contributed by atoms with Crippen LogP contribution in [-0.4, -0.2) is 36.6 Å². The van der Waals surface area contributed by atoms with Gasteiger partial charge in [0.25, 0.3) is 5.91 Å². The molecule has 1 aromatic carbocycles. The topological polar surface area (TPSA) is 63.2 Å². The lowest BCUT2D eigenvalue weighted by molar-refractivity contribution is 0.0952. The summed E-state index contributed by atoms with van der Waals surface area (Å²) in [4.78, 5) is 16.3. The van der Waals surface area contributed by atoms with Gasteiger partial charge in [-0.2, -0.15) is 0 Å². The number of carbonyl (C=O) groups is 1. The average molecular weight is 369 g/mol. The molecular formula is C21H24FN3O2. The summed E-state index contributed by atoms with van der Waals surface area (Å²) in [5, 5.41) is 6.19. The lowest BCUT2D eigenvalue weighted by atomic mass is 10.1. The van der Waals surface area contributed by atoms with Crippen LogP contribution in [0, 0.1) is 11.7 Å². The van der Waals surface area contributed by atoms with Crippen molar-refractivity contribution in [2.75, 3.05) is 19.7 Å². The van der Waals surface area contributed by atoms with Gasteiger partial charge in [0.05, 0.1) is 6.20 Å². The molecule has 0 bridgehead atoms. The normalized spacial score (nSPS) is 23.4. The van der Waals surface area contributed by atoms with E-state index in [4.69, 9.17) is 4.74 Å². The number of pyridine rings is 1. The van der Waals surface area contributed by atoms with Gasteiger partial charge in [-0.3, -0.25) is 9.78 Å². The van der Waals surface area contributed by atoms with Gasteiger partial charge in [-0.15, -0.1) is 0 Å². The van der Waals surface area contributed by atoms with E-state index in [-0.39, 0.29) is 5.91 Å². The second-order valence-corrected chi connectivity index (χ2v) is 7.36. The minimum absolute atomic E-state index is 0.228. The summed E-state index contributed by atoms with van der Waals surface area (Å²) in [6.07, 6.45) is 6.84. The molecule has 4 rings (SSSR count). The van der Waals surface area contributed by atoms with Crippen molar-refractivity contribution < 1.29 is 13.9 Å². The Hall–Kier alpha value is -2.47. The van der Waals surface area contributed by atoms with Crippen LogP contribution in [0.4, 0.5) is 4.39 Å². The predicted molar refractivity (Wildman–Crippen MR) is 100 cm³/mol. The molecule has 2 heterocycles. The molecular weight excluding hydrogens is 345 g/mol. The molecule has 2 N–H and O–H groups in total. The first-order valence-electron chi connectivity index (χ1n) is 9.54. The Kier molecular flexibility index (Phi) is 5.34. The van der Waals surface area contributed by atoms with Gasteiger partial charge < -0.3 is 15.4 Å². The van der Waals surface area contributed by atoms with Gasteiger partial charge >= 0.3 is 0 Å². The Bertz CT molecular complexity index is 810. The fourth-order valence-corrected chi connectivity index (χ4v) is 3.48. The Morgan fingerprint density at radius 2 is 2.22 bits per heavy atom. The van der Waals surface area contributed by atoms with Crippen molar-refractivity contribution >= 4 is 5.91 Å². The molecule has 142 valence electrons. The highest BCUT2D eigenvalue weighted by molar-refractivity contribution is 5.94. The molecule has 1 saturated heterocycles. The standard InChI is InChI=1S/C21H24FN3O2/c22-17-3-1-2-15(8-17)21(26)25-6-4-14-10-20(14)16-9-19(12-23-11-16)27-13-18-5-7-24-18/h1-3,8-9,11-12,14,18,20,24H,4-7,10,13H2,(H,25,26). The molecule has 27 heavy (non-hydrogen) atoms. The number of halogens is 1. The molecule has 0 radical (unpaired) electrons. The lowest BCUT2D eigenvalue weighted by Crippen LogP contribution is -2.46. The van der Waals surface area contributed by atoms with Gasteiger partial charge in [-0.1, -0.05) is 6.07 Å². The number of hydrogen-bond acceptors (Lipinski definition) is 4. The summed E-state index contributed by atoms with van der Waals surface area (Å²) in [6, 6.07) is 8.30. The highest BCUT2D eigenvalue weighted by atomic mass is 19.1. The summed E-state index contributed by atoms with van der Waals surface area (Å²) < 4.78 is 19.0. The smallest absolute Gasteiger partial charge is 0.251 e. The molecule has 1 aromatic heterocycles. The number of nitrogens with zero attached hydrogens (tertiary/aromatic N) is 1. The maximum Gasteiger partial charge on any atom is 0.251 e. The lowest BCUT2D eigenvalue weighted by Gasteiger charge is -2.27. The van der Waals surface area contributed by atoms with Crippen LogP contribution in [0.2, 0.25) is 0 Å². The zero-order valence-electron chi connectivity index (χ0n) is 15.2. The van der Waals surface area contributed by atoms with Crippen molar-refractivity contribution in [1.29, 1.82) is 0 Å². The molecule has 3 unspecified atom stereocenters. The van der Waals surface area contributed by atoms with Crippen LogP contribution in [0.5, 0.6) is 5.75 Å². The summed E-state index contributed by atoms with van der Waals surface area (Å²) in [7, 11) is 0. The van der Waals surface area contributed by atoms with Crippen LogP contribution in [0.1, 0.15) is 41.1 Å². The molecule has 6 heteroatoms. The van der Waals surface area contributed by atoms with E-state index in [1.165, 1.54) is 24.1 Å². The number of ether oxygens (including phenoxy) is 1. The molecule has 1 amide bonds. The molecule has 1 saturated carbocycles. The summed E-state index contributed by atoms with van der Waals surface area (Å²) in [5.74, 6) is 1.23. The van der Waals surface area contributed by atoms with E-state index < -0.39 is 5.82 Å². The zero-order chi connectivity index (χ0) is 18.6.